The molecule has 3 amide bonds. The van der Waals surface area contributed by atoms with Crippen LogP contribution in [0.2, 0.25) is 0 Å². The van der Waals surface area contributed by atoms with E-state index in [2.05, 4.69) is 33.5 Å². The molecule has 1 heterocycles. The summed E-state index contributed by atoms with van der Waals surface area (Å²) in [6.07, 6.45) is -0.0890. The summed E-state index contributed by atoms with van der Waals surface area (Å²) in [6, 6.07) is 7.63. The van der Waals surface area contributed by atoms with Crippen LogP contribution in [-0.4, -0.2) is 42.1 Å². The maximum absolute atomic E-state index is 11.9. The van der Waals surface area contributed by atoms with Crippen molar-refractivity contribution in [3.05, 3.63) is 65.5 Å². The smallest absolute Gasteiger partial charge is 0.407 e. The zero-order valence-corrected chi connectivity index (χ0v) is 21.2. The second-order valence-corrected chi connectivity index (χ2v) is 8.92. The van der Waals surface area contributed by atoms with Gasteiger partial charge in [0.1, 0.15) is 22.0 Å². The van der Waals surface area contributed by atoms with Gasteiger partial charge < -0.3 is 25.4 Å². The highest BCUT2D eigenvalue weighted by Gasteiger charge is 2.16. The van der Waals surface area contributed by atoms with E-state index in [-0.39, 0.29) is 11.6 Å². The monoisotopic (exact) mass is 502 g/mol. The molecule has 1 aromatic carbocycles. The predicted octanol–water partition coefficient (Wildman–Crippen LogP) is 3.52. The Morgan fingerprint density at radius 1 is 1.14 bits per heavy atom. The van der Waals surface area contributed by atoms with E-state index < -0.39 is 17.7 Å². The van der Waals surface area contributed by atoms with Crippen molar-refractivity contribution in [3.8, 4) is 10.6 Å². The Hall–Kier alpha value is -3.99. The molecule has 0 aliphatic carbocycles. The highest BCUT2D eigenvalue weighted by atomic mass is 32.1. The lowest BCUT2D eigenvalue weighted by molar-refractivity contribution is -0.137. The normalized spacial score (nSPS) is 10.1. The number of benzene rings is 1. The highest BCUT2D eigenvalue weighted by Crippen LogP contribution is 2.24. The first-order valence-electron chi connectivity index (χ1n) is 10.3. The molecule has 0 aliphatic heterocycles. The maximum Gasteiger partial charge on any atom is 0.407 e. The van der Waals surface area contributed by atoms with Gasteiger partial charge in [-0.2, -0.15) is 0 Å². The third-order valence-corrected chi connectivity index (χ3v) is 4.66. The SMILES string of the molecule is C=C(C)NC(=O)c1csc(-c2ccc(CNC(=O)OC(C)(C)C)cc2)n1.C=C(NC=O)C(=O)OC. The fourth-order valence-corrected chi connectivity index (χ4v) is 3.08. The van der Waals surface area contributed by atoms with Crippen LogP contribution in [-0.2, 0) is 25.6 Å². The maximum atomic E-state index is 11.9. The molecule has 2 aromatic rings. The average molecular weight is 503 g/mol. The fourth-order valence-electron chi connectivity index (χ4n) is 2.28. The van der Waals surface area contributed by atoms with Crippen molar-refractivity contribution in [3.63, 3.8) is 0 Å². The van der Waals surface area contributed by atoms with Gasteiger partial charge in [0, 0.05) is 23.2 Å². The van der Waals surface area contributed by atoms with E-state index >= 15 is 0 Å². The quantitative estimate of drug-likeness (QED) is 0.285. The first kappa shape index (κ1) is 29.0. The van der Waals surface area contributed by atoms with Gasteiger partial charge in [0.2, 0.25) is 6.41 Å². The van der Waals surface area contributed by atoms with Crippen molar-refractivity contribution in [2.75, 3.05) is 7.11 Å². The van der Waals surface area contributed by atoms with Crippen LogP contribution in [0.1, 0.15) is 43.7 Å². The third kappa shape index (κ3) is 11.1. The Morgan fingerprint density at radius 3 is 2.29 bits per heavy atom. The molecular formula is C24H30N4O6S. The lowest BCUT2D eigenvalue weighted by Gasteiger charge is -2.19. The minimum atomic E-state index is -0.637. The minimum absolute atomic E-state index is 0.0625. The molecule has 0 aliphatic rings. The van der Waals surface area contributed by atoms with E-state index in [9.17, 15) is 19.2 Å². The number of ether oxygens (including phenoxy) is 2. The summed E-state index contributed by atoms with van der Waals surface area (Å²) in [5.74, 6) is -0.903. The van der Waals surface area contributed by atoms with Crippen LogP contribution in [0.15, 0.2) is 54.2 Å². The van der Waals surface area contributed by atoms with Crippen molar-refractivity contribution in [2.45, 2.75) is 39.8 Å². The Labute approximate surface area is 208 Å². The summed E-state index contributed by atoms with van der Waals surface area (Å²) < 4.78 is 9.41. The topological polar surface area (TPSA) is 136 Å². The summed E-state index contributed by atoms with van der Waals surface area (Å²) in [5, 5.41) is 9.87. The van der Waals surface area contributed by atoms with Crippen LogP contribution < -0.4 is 16.0 Å². The van der Waals surface area contributed by atoms with E-state index in [0.29, 0.717) is 24.3 Å². The largest absolute Gasteiger partial charge is 0.464 e. The lowest BCUT2D eigenvalue weighted by Crippen LogP contribution is -2.32. The molecule has 1 aromatic heterocycles. The summed E-state index contributed by atoms with van der Waals surface area (Å²) in [4.78, 5) is 48.0. The van der Waals surface area contributed by atoms with Gasteiger partial charge in [0.15, 0.2) is 0 Å². The average Bonchev–Trinajstić information content (AvgIpc) is 3.27. The van der Waals surface area contributed by atoms with Crippen LogP contribution in [0.4, 0.5) is 4.79 Å². The zero-order valence-electron chi connectivity index (χ0n) is 20.4. The van der Waals surface area contributed by atoms with Gasteiger partial charge in [-0.05, 0) is 33.3 Å². The number of carbonyl (C=O) groups excluding carboxylic acids is 4. The standard InChI is InChI=1S/C19H23N3O3S.C5H7NO3/c1-12(2)21-16(23)15-11-26-17(22-15)14-8-6-13(7-9-14)10-20-18(24)25-19(3,4)5;1-4(6-3-7)5(8)9-2/h6-9,11H,1,10H2,2-5H3,(H,20,24)(H,21,23);3H,1H2,2H3,(H,6,7). The predicted molar refractivity (Wildman–Crippen MR) is 133 cm³/mol. The molecule has 188 valence electrons. The lowest BCUT2D eigenvalue weighted by atomic mass is 10.1. The first-order chi connectivity index (χ1) is 16.4. The number of hydrogen-bond donors (Lipinski definition) is 3. The Kier molecular flexibility index (Phi) is 11.3. The molecule has 0 radical (unpaired) electrons. The van der Waals surface area contributed by atoms with Gasteiger partial charge in [0.25, 0.3) is 5.91 Å². The number of nitrogens with one attached hydrogen (secondary N) is 3. The molecule has 11 heteroatoms. The molecule has 35 heavy (non-hydrogen) atoms. The number of amides is 3. The van der Waals surface area contributed by atoms with Crippen molar-refractivity contribution in [1.82, 2.24) is 20.9 Å². The number of nitrogens with zero attached hydrogens (tertiary/aromatic N) is 1. The first-order valence-corrected chi connectivity index (χ1v) is 11.2. The van der Waals surface area contributed by atoms with Gasteiger partial charge >= 0.3 is 12.1 Å². The molecule has 0 saturated carbocycles. The molecular weight excluding hydrogens is 472 g/mol. The summed E-state index contributed by atoms with van der Waals surface area (Å²) in [5.41, 5.74) is 2.21. The molecule has 10 nitrogen and oxygen atoms in total. The Balaban J connectivity index is 0.000000579. The Morgan fingerprint density at radius 2 is 1.77 bits per heavy atom. The van der Waals surface area contributed by atoms with E-state index in [1.165, 1.54) is 18.4 Å². The van der Waals surface area contributed by atoms with Crippen molar-refractivity contribution < 1.29 is 28.7 Å². The van der Waals surface area contributed by atoms with Gasteiger partial charge in [-0.25, -0.2) is 14.6 Å². The molecule has 0 spiro atoms. The van der Waals surface area contributed by atoms with Crippen molar-refractivity contribution in [1.29, 1.82) is 0 Å². The van der Waals surface area contributed by atoms with E-state index in [4.69, 9.17) is 4.74 Å². The molecule has 3 N–H and O–H groups in total. The number of aromatic nitrogens is 1. The number of methoxy groups -OCH3 is 1. The number of carbonyl (C=O) groups is 4. The highest BCUT2D eigenvalue weighted by molar-refractivity contribution is 7.13. The zero-order chi connectivity index (χ0) is 26.6. The number of rotatable bonds is 8. The van der Waals surface area contributed by atoms with Crippen LogP contribution in [0.5, 0.6) is 0 Å². The van der Waals surface area contributed by atoms with Crippen LogP contribution in [0.3, 0.4) is 0 Å². The van der Waals surface area contributed by atoms with Crippen LogP contribution >= 0.6 is 11.3 Å². The molecule has 2 rings (SSSR count). The summed E-state index contributed by atoms with van der Waals surface area (Å²) >= 11 is 1.40. The van der Waals surface area contributed by atoms with Crippen LogP contribution in [0.25, 0.3) is 10.6 Å². The number of allylic oxidation sites excluding steroid dienone is 1. The number of esters is 1. The molecule has 0 unspecified atom stereocenters. The van der Waals surface area contributed by atoms with E-state index in [1.807, 2.05) is 50.4 Å². The minimum Gasteiger partial charge on any atom is -0.464 e. The van der Waals surface area contributed by atoms with E-state index in [0.717, 1.165) is 16.1 Å². The second-order valence-electron chi connectivity index (χ2n) is 8.06. The second kappa shape index (κ2) is 13.7. The van der Waals surface area contributed by atoms with E-state index in [1.54, 1.807) is 12.3 Å². The third-order valence-electron chi connectivity index (χ3n) is 3.77. The number of thiazole rings is 1. The van der Waals surface area contributed by atoms with Gasteiger partial charge in [0.05, 0.1) is 7.11 Å². The molecule has 0 bridgehead atoms. The summed E-state index contributed by atoms with van der Waals surface area (Å²) in [6.45, 7) is 14.4. The van der Waals surface area contributed by atoms with Gasteiger partial charge in [-0.15, -0.1) is 11.3 Å². The molecule has 0 atom stereocenters. The molecule has 0 saturated heterocycles. The fraction of sp³-hybridized carbons (Fsp3) is 0.292. The van der Waals surface area contributed by atoms with Crippen molar-refractivity contribution >= 4 is 35.7 Å². The van der Waals surface area contributed by atoms with Gasteiger partial charge in [-0.1, -0.05) is 37.4 Å². The molecule has 0 fully saturated rings. The van der Waals surface area contributed by atoms with Gasteiger partial charge in [-0.3, -0.25) is 9.59 Å². The van der Waals surface area contributed by atoms with Crippen molar-refractivity contribution in [2.24, 2.45) is 0 Å². The number of hydrogen-bond acceptors (Lipinski definition) is 8. The Bertz CT molecular complexity index is 1070. The van der Waals surface area contributed by atoms with Crippen LogP contribution in [0, 0.1) is 0 Å². The summed E-state index contributed by atoms with van der Waals surface area (Å²) in [7, 11) is 1.21. The number of alkyl carbamates (subject to hydrolysis) is 1.